The number of fused-ring (bicyclic) bond motifs is 2. The summed E-state index contributed by atoms with van der Waals surface area (Å²) < 4.78 is 10.9. The number of nitrogens with one attached hydrogen (secondary N) is 4. The molecule has 3 atom stereocenters. The smallest absolute Gasteiger partial charge is 0.325 e. The minimum atomic E-state index is -0.463. The highest BCUT2D eigenvalue weighted by atomic mass is 16.7. The van der Waals surface area contributed by atoms with Crippen molar-refractivity contribution in [1.82, 2.24) is 25.7 Å². The topological polar surface area (TPSA) is 111 Å². The summed E-state index contributed by atoms with van der Waals surface area (Å²) in [5.41, 5.74) is 7.80. The second kappa shape index (κ2) is 6.52. The SMILES string of the molecule is O=c1cc(CN2CCC3NNC(c4ccc5c(c4)OCO5)C3C2)[nH]c(=O)[nH]1. The van der Waals surface area contributed by atoms with Crippen LogP contribution in [0.15, 0.2) is 33.9 Å². The van der Waals surface area contributed by atoms with Gasteiger partial charge in [-0.15, -0.1) is 0 Å². The molecule has 1 aromatic heterocycles. The van der Waals surface area contributed by atoms with Crippen molar-refractivity contribution in [3.8, 4) is 11.5 Å². The Morgan fingerprint density at radius 2 is 1.96 bits per heavy atom. The standard InChI is InChI=1S/C18H21N5O4/c24-16-6-11(19-18(25)20-16)7-23-4-3-13-12(8-23)17(22-21-13)10-1-2-14-15(5-10)27-9-26-14/h1-2,5-6,12-13,17,21-22H,3-4,7-9H2,(H2,19,20,24,25). The molecule has 9 nitrogen and oxygen atoms in total. The Bertz CT molecular complexity index is 942. The Labute approximate surface area is 154 Å². The Hall–Kier alpha value is -2.62. The van der Waals surface area contributed by atoms with Crippen molar-refractivity contribution in [1.29, 1.82) is 0 Å². The molecular weight excluding hydrogens is 350 g/mol. The number of hydrogen-bond acceptors (Lipinski definition) is 7. The van der Waals surface area contributed by atoms with Crippen LogP contribution < -0.4 is 31.6 Å². The van der Waals surface area contributed by atoms with Crippen molar-refractivity contribution < 1.29 is 9.47 Å². The molecule has 3 aliphatic rings. The van der Waals surface area contributed by atoms with Crippen LogP contribution in [0.3, 0.4) is 0 Å². The zero-order chi connectivity index (χ0) is 18.4. The van der Waals surface area contributed by atoms with Crippen molar-refractivity contribution in [2.24, 2.45) is 5.92 Å². The number of benzene rings is 1. The minimum absolute atomic E-state index is 0.158. The molecule has 0 aliphatic carbocycles. The van der Waals surface area contributed by atoms with E-state index in [0.717, 1.165) is 36.6 Å². The number of nitrogens with zero attached hydrogens (tertiary/aromatic N) is 1. The van der Waals surface area contributed by atoms with Crippen molar-refractivity contribution in [2.75, 3.05) is 19.9 Å². The van der Waals surface area contributed by atoms with Gasteiger partial charge in [-0.25, -0.2) is 10.2 Å². The maximum atomic E-state index is 11.5. The van der Waals surface area contributed by atoms with Crippen LogP contribution in [0.2, 0.25) is 0 Å². The first-order valence-corrected chi connectivity index (χ1v) is 9.11. The minimum Gasteiger partial charge on any atom is -0.454 e. The molecule has 3 unspecified atom stereocenters. The molecule has 4 heterocycles. The van der Waals surface area contributed by atoms with Gasteiger partial charge in [0.15, 0.2) is 11.5 Å². The first-order chi connectivity index (χ1) is 13.2. The fraction of sp³-hybridized carbons (Fsp3) is 0.444. The van der Waals surface area contributed by atoms with Gasteiger partial charge in [-0.3, -0.25) is 20.1 Å². The number of likely N-dealkylation sites (tertiary alicyclic amines) is 1. The number of aromatic nitrogens is 2. The molecule has 0 radical (unpaired) electrons. The Balaban J connectivity index is 1.34. The van der Waals surface area contributed by atoms with E-state index in [-0.39, 0.29) is 18.4 Å². The normalized spacial score (nSPS) is 26.9. The van der Waals surface area contributed by atoms with Crippen LogP contribution in [0, 0.1) is 5.92 Å². The van der Waals surface area contributed by atoms with E-state index in [4.69, 9.17) is 9.47 Å². The zero-order valence-corrected chi connectivity index (χ0v) is 14.7. The molecule has 0 spiro atoms. The van der Waals surface area contributed by atoms with E-state index in [2.05, 4.69) is 31.8 Å². The molecule has 9 heteroatoms. The molecule has 1 aromatic carbocycles. The van der Waals surface area contributed by atoms with Crippen molar-refractivity contribution in [3.05, 3.63) is 56.4 Å². The van der Waals surface area contributed by atoms with Gasteiger partial charge in [0.1, 0.15) is 0 Å². The molecule has 2 fully saturated rings. The molecule has 5 rings (SSSR count). The predicted octanol–water partition coefficient (Wildman–Crippen LogP) is -0.168. The number of hydrazine groups is 1. The van der Waals surface area contributed by atoms with Crippen LogP contribution in [-0.2, 0) is 6.54 Å². The molecule has 2 aromatic rings. The predicted molar refractivity (Wildman–Crippen MR) is 96.4 cm³/mol. The van der Waals surface area contributed by atoms with Gasteiger partial charge in [-0.05, 0) is 24.1 Å². The summed E-state index contributed by atoms with van der Waals surface area (Å²) >= 11 is 0. The lowest BCUT2D eigenvalue weighted by Gasteiger charge is -2.36. The zero-order valence-electron chi connectivity index (χ0n) is 14.7. The first kappa shape index (κ1) is 16.5. The molecule has 3 aliphatic heterocycles. The van der Waals surface area contributed by atoms with Crippen LogP contribution >= 0.6 is 0 Å². The highest BCUT2D eigenvalue weighted by Crippen LogP contribution is 2.39. The number of rotatable bonds is 3. The monoisotopic (exact) mass is 371 g/mol. The van der Waals surface area contributed by atoms with E-state index in [1.54, 1.807) is 0 Å². The van der Waals surface area contributed by atoms with Crippen LogP contribution in [0.1, 0.15) is 23.7 Å². The highest BCUT2D eigenvalue weighted by molar-refractivity contribution is 5.45. The molecule has 2 saturated heterocycles. The number of piperidine rings is 1. The molecular formula is C18H21N5O4. The average molecular weight is 371 g/mol. The number of hydrogen-bond donors (Lipinski definition) is 4. The Morgan fingerprint density at radius 1 is 1.07 bits per heavy atom. The number of aromatic amines is 2. The largest absolute Gasteiger partial charge is 0.454 e. The van der Waals surface area contributed by atoms with Gasteiger partial charge in [-0.1, -0.05) is 6.07 Å². The lowest BCUT2D eigenvalue weighted by atomic mass is 9.85. The summed E-state index contributed by atoms with van der Waals surface area (Å²) in [6, 6.07) is 8.06. The third-order valence-corrected chi connectivity index (χ3v) is 5.56. The third kappa shape index (κ3) is 3.14. The summed E-state index contributed by atoms with van der Waals surface area (Å²) in [6.45, 7) is 2.58. The van der Waals surface area contributed by atoms with E-state index in [0.29, 0.717) is 24.2 Å². The summed E-state index contributed by atoms with van der Waals surface area (Å²) in [6.07, 6.45) is 0.992. The number of H-pyrrole nitrogens is 2. The van der Waals surface area contributed by atoms with Gasteiger partial charge in [0, 0.05) is 43.4 Å². The third-order valence-electron chi connectivity index (χ3n) is 5.56. The molecule has 142 valence electrons. The van der Waals surface area contributed by atoms with Gasteiger partial charge in [-0.2, -0.15) is 0 Å². The van der Waals surface area contributed by atoms with E-state index < -0.39 is 5.69 Å². The van der Waals surface area contributed by atoms with Crippen LogP contribution in [0.4, 0.5) is 0 Å². The van der Waals surface area contributed by atoms with Crippen LogP contribution in [-0.4, -0.2) is 40.8 Å². The Morgan fingerprint density at radius 3 is 2.85 bits per heavy atom. The molecule has 0 amide bonds. The van der Waals surface area contributed by atoms with E-state index >= 15 is 0 Å². The van der Waals surface area contributed by atoms with Gasteiger partial charge in [0.2, 0.25) is 6.79 Å². The fourth-order valence-electron chi connectivity index (χ4n) is 4.30. The van der Waals surface area contributed by atoms with E-state index in [9.17, 15) is 9.59 Å². The van der Waals surface area contributed by atoms with Crippen LogP contribution in [0.25, 0.3) is 0 Å². The van der Waals surface area contributed by atoms with E-state index in [1.807, 2.05) is 12.1 Å². The Kier molecular flexibility index (Phi) is 4.00. The molecule has 0 bridgehead atoms. The highest BCUT2D eigenvalue weighted by Gasteiger charge is 2.40. The number of ether oxygens (including phenoxy) is 2. The summed E-state index contributed by atoms with van der Waals surface area (Å²) in [4.78, 5) is 30.2. The maximum Gasteiger partial charge on any atom is 0.325 e. The van der Waals surface area contributed by atoms with Gasteiger partial charge in [0.25, 0.3) is 5.56 Å². The summed E-state index contributed by atoms with van der Waals surface area (Å²) in [5.74, 6) is 1.93. The van der Waals surface area contributed by atoms with Crippen molar-refractivity contribution in [2.45, 2.75) is 25.0 Å². The molecule has 4 N–H and O–H groups in total. The summed E-state index contributed by atoms with van der Waals surface area (Å²) in [7, 11) is 0. The average Bonchev–Trinajstić information content (AvgIpc) is 3.26. The molecule has 0 saturated carbocycles. The maximum absolute atomic E-state index is 11.5. The quantitative estimate of drug-likeness (QED) is 0.593. The van der Waals surface area contributed by atoms with Gasteiger partial charge >= 0.3 is 5.69 Å². The summed E-state index contributed by atoms with van der Waals surface area (Å²) in [5, 5.41) is 0. The van der Waals surface area contributed by atoms with E-state index in [1.165, 1.54) is 6.07 Å². The van der Waals surface area contributed by atoms with Crippen molar-refractivity contribution in [3.63, 3.8) is 0 Å². The first-order valence-electron chi connectivity index (χ1n) is 9.11. The lowest BCUT2D eigenvalue weighted by molar-refractivity contribution is 0.146. The lowest BCUT2D eigenvalue weighted by Crippen LogP contribution is -2.45. The second-order valence-corrected chi connectivity index (χ2v) is 7.29. The van der Waals surface area contributed by atoms with Gasteiger partial charge in [0.05, 0.1) is 6.04 Å². The fourth-order valence-corrected chi connectivity index (χ4v) is 4.30. The van der Waals surface area contributed by atoms with Gasteiger partial charge < -0.3 is 14.5 Å². The van der Waals surface area contributed by atoms with Crippen molar-refractivity contribution >= 4 is 0 Å². The van der Waals surface area contributed by atoms with Crippen LogP contribution in [0.5, 0.6) is 11.5 Å². The molecule has 27 heavy (non-hydrogen) atoms. The second-order valence-electron chi connectivity index (χ2n) is 7.29.